The Bertz CT molecular complexity index is 1090. The number of nitrogens with zero attached hydrogens (tertiary/aromatic N) is 1. The van der Waals surface area contributed by atoms with E-state index in [1.807, 2.05) is 0 Å². The van der Waals surface area contributed by atoms with Gasteiger partial charge in [0.05, 0.1) is 0 Å². The summed E-state index contributed by atoms with van der Waals surface area (Å²) in [6.45, 7) is 0.949. The van der Waals surface area contributed by atoms with Crippen LogP contribution in [0.15, 0.2) is 52.9 Å². The lowest BCUT2D eigenvalue weighted by Gasteiger charge is -2.31. The highest BCUT2D eigenvalue weighted by molar-refractivity contribution is 5.98. The number of ether oxygens (including phenoxy) is 2. The molecule has 0 saturated carbocycles. The molecular weight excluding hydrogens is 403 g/mol. The quantitative estimate of drug-likeness (QED) is 0.648. The molecule has 31 heavy (non-hydrogen) atoms. The third-order valence-electron chi connectivity index (χ3n) is 5.15. The topological polar surface area (TPSA) is 81.0 Å². The molecule has 8 heteroatoms. The normalized spacial score (nSPS) is 14.6. The van der Waals surface area contributed by atoms with Crippen LogP contribution in [0.2, 0.25) is 0 Å². The van der Waals surface area contributed by atoms with E-state index in [0.29, 0.717) is 37.2 Å². The monoisotopic (exact) mass is 426 g/mol. The Balaban J connectivity index is 1.38. The van der Waals surface area contributed by atoms with Crippen LogP contribution in [0.1, 0.15) is 23.4 Å². The zero-order valence-corrected chi connectivity index (χ0v) is 17.1. The number of nitrogens with one attached hydrogen (secondary N) is 1. The van der Waals surface area contributed by atoms with E-state index < -0.39 is 0 Å². The number of amides is 2. The maximum Gasteiger partial charge on any atom is 0.289 e. The maximum atomic E-state index is 13.8. The van der Waals surface area contributed by atoms with E-state index in [2.05, 4.69) is 5.32 Å². The number of rotatable bonds is 6. The number of methoxy groups -OCH3 is 1. The SMILES string of the molecule is COCC(=O)Nc1ccc2oc(C(=O)N3CCC(Oc4ccccc4F)CC3)cc2c1. The third-order valence-corrected chi connectivity index (χ3v) is 5.15. The molecule has 1 aromatic heterocycles. The number of carbonyl (C=O) groups is 2. The summed E-state index contributed by atoms with van der Waals surface area (Å²) in [7, 11) is 1.45. The van der Waals surface area contributed by atoms with Crippen molar-refractivity contribution in [1.82, 2.24) is 4.90 Å². The summed E-state index contributed by atoms with van der Waals surface area (Å²) in [6, 6.07) is 13.2. The van der Waals surface area contributed by atoms with Crippen molar-refractivity contribution in [2.24, 2.45) is 0 Å². The van der Waals surface area contributed by atoms with E-state index >= 15 is 0 Å². The smallest absolute Gasteiger partial charge is 0.289 e. The van der Waals surface area contributed by atoms with Crippen molar-refractivity contribution in [1.29, 1.82) is 0 Å². The molecule has 2 heterocycles. The number of carbonyl (C=O) groups excluding carboxylic acids is 2. The molecule has 0 bridgehead atoms. The molecule has 1 aliphatic heterocycles. The molecule has 0 aliphatic carbocycles. The molecule has 1 saturated heterocycles. The van der Waals surface area contributed by atoms with Crippen molar-refractivity contribution in [2.45, 2.75) is 18.9 Å². The van der Waals surface area contributed by atoms with Gasteiger partial charge in [0.1, 0.15) is 18.3 Å². The fourth-order valence-corrected chi connectivity index (χ4v) is 3.61. The second-order valence-electron chi connectivity index (χ2n) is 7.38. The lowest BCUT2D eigenvalue weighted by molar-refractivity contribution is -0.119. The van der Waals surface area contributed by atoms with Crippen LogP contribution in [0.3, 0.4) is 0 Å². The van der Waals surface area contributed by atoms with Crippen LogP contribution < -0.4 is 10.1 Å². The van der Waals surface area contributed by atoms with Gasteiger partial charge in [-0.2, -0.15) is 0 Å². The van der Waals surface area contributed by atoms with Gasteiger partial charge < -0.3 is 24.1 Å². The minimum atomic E-state index is -0.388. The average Bonchev–Trinajstić information content (AvgIpc) is 3.19. The Morgan fingerprint density at radius 2 is 1.94 bits per heavy atom. The van der Waals surface area contributed by atoms with Crippen molar-refractivity contribution in [2.75, 3.05) is 32.1 Å². The van der Waals surface area contributed by atoms with Crippen molar-refractivity contribution in [3.05, 3.63) is 60.1 Å². The number of anilines is 1. The predicted octanol–water partition coefficient (Wildman–Crippen LogP) is 3.84. The van der Waals surface area contributed by atoms with Gasteiger partial charge in [0.25, 0.3) is 5.91 Å². The van der Waals surface area contributed by atoms with Gasteiger partial charge in [-0.3, -0.25) is 9.59 Å². The van der Waals surface area contributed by atoms with Gasteiger partial charge in [-0.05, 0) is 36.4 Å². The van der Waals surface area contributed by atoms with Gasteiger partial charge >= 0.3 is 0 Å². The molecule has 0 radical (unpaired) electrons. The van der Waals surface area contributed by atoms with Gasteiger partial charge in [-0.1, -0.05) is 12.1 Å². The van der Waals surface area contributed by atoms with Crippen LogP contribution in [-0.4, -0.2) is 49.6 Å². The van der Waals surface area contributed by atoms with Gasteiger partial charge in [0.15, 0.2) is 17.3 Å². The summed E-state index contributed by atoms with van der Waals surface area (Å²) in [5.74, 6) is -0.379. The van der Waals surface area contributed by atoms with E-state index in [4.69, 9.17) is 13.9 Å². The fraction of sp³-hybridized carbons (Fsp3) is 0.304. The molecule has 1 N–H and O–H groups in total. The molecule has 2 amide bonds. The average molecular weight is 426 g/mol. The van der Waals surface area contributed by atoms with Crippen molar-refractivity contribution >= 4 is 28.5 Å². The Morgan fingerprint density at radius 3 is 2.68 bits per heavy atom. The lowest BCUT2D eigenvalue weighted by atomic mass is 10.1. The molecule has 0 atom stereocenters. The van der Waals surface area contributed by atoms with E-state index in [9.17, 15) is 14.0 Å². The second-order valence-corrected chi connectivity index (χ2v) is 7.38. The van der Waals surface area contributed by atoms with Crippen LogP contribution in [-0.2, 0) is 9.53 Å². The molecule has 2 aromatic carbocycles. The van der Waals surface area contributed by atoms with E-state index in [1.165, 1.54) is 13.2 Å². The minimum Gasteiger partial charge on any atom is -0.487 e. The van der Waals surface area contributed by atoms with Crippen LogP contribution in [0.25, 0.3) is 11.0 Å². The molecule has 1 fully saturated rings. The molecular formula is C23H23FN2O5. The number of furan rings is 1. The number of halogens is 1. The zero-order valence-electron chi connectivity index (χ0n) is 17.1. The maximum absolute atomic E-state index is 13.8. The number of fused-ring (bicyclic) bond motifs is 1. The van der Waals surface area contributed by atoms with Crippen LogP contribution in [0.4, 0.5) is 10.1 Å². The Labute approximate surface area is 178 Å². The van der Waals surface area contributed by atoms with E-state index in [-0.39, 0.29) is 41.9 Å². The van der Waals surface area contributed by atoms with Gasteiger partial charge in [-0.25, -0.2) is 4.39 Å². The van der Waals surface area contributed by atoms with Crippen LogP contribution in [0, 0.1) is 5.82 Å². The van der Waals surface area contributed by atoms with Crippen molar-refractivity contribution < 1.29 is 27.9 Å². The van der Waals surface area contributed by atoms with E-state index in [0.717, 1.165) is 5.39 Å². The molecule has 1 aliphatic rings. The lowest BCUT2D eigenvalue weighted by Crippen LogP contribution is -2.41. The van der Waals surface area contributed by atoms with Crippen LogP contribution in [0.5, 0.6) is 5.75 Å². The summed E-state index contributed by atoms with van der Waals surface area (Å²) >= 11 is 0. The predicted molar refractivity (Wildman–Crippen MR) is 113 cm³/mol. The molecule has 3 aromatic rings. The first-order chi connectivity index (χ1) is 15.0. The van der Waals surface area contributed by atoms with Crippen molar-refractivity contribution in [3.8, 4) is 5.75 Å². The number of hydrogen-bond acceptors (Lipinski definition) is 5. The van der Waals surface area contributed by atoms with Crippen LogP contribution >= 0.6 is 0 Å². The molecule has 0 spiro atoms. The molecule has 4 rings (SSSR count). The van der Waals surface area contributed by atoms with Gasteiger partial charge in [0, 0.05) is 44.1 Å². The number of piperidine rings is 1. The second kappa shape index (κ2) is 9.18. The number of likely N-dealkylation sites (tertiary alicyclic amines) is 1. The molecule has 7 nitrogen and oxygen atoms in total. The highest BCUT2D eigenvalue weighted by atomic mass is 19.1. The summed E-state index contributed by atoms with van der Waals surface area (Å²) in [6.07, 6.45) is 1.07. The molecule has 0 unspecified atom stereocenters. The van der Waals surface area contributed by atoms with E-state index in [1.54, 1.807) is 47.4 Å². The molecule has 162 valence electrons. The first kappa shape index (κ1) is 20.9. The Morgan fingerprint density at radius 1 is 1.16 bits per heavy atom. The Hall–Kier alpha value is -3.39. The highest BCUT2D eigenvalue weighted by Gasteiger charge is 2.27. The highest BCUT2D eigenvalue weighted by Crippen LogP contribution is 2.26. The third kappa shape index (κ3) is 4.86. The summed E-state index contributed by atoms with van der Waals surface area (Å²) in [4.78, 5) is 26.3. The first-order valence-corrected chi connectivity index (χ1v) is 10.1. The van der Waals surface area contributed by atoms with Crippen molar-refractivity contribution in [3.63, 3.8) is 0 Å². The van der Waals surface area contributed by atoms with Gasteiger partial charge in [0.2, 0.25) is 5.91 Å². The minimum absolute atomic E-state index is 0.0380. The summed E-state index contributed by atoms with van der Waals surface area (Å²) < 4.78 is 30.1. The Kier molecular flexibility index (Phi) is 6.18. The number of para-hydroxylation sites is 1. The number of benzene rings is 2. The first-order valence-electron chi connectivity index (χ1n) is 10.1. The number of hydrogen-bond donors (Lipinski definition) is 1. The largest absolute Gasteiger partial charge is 0.487 e. The van der Waals surface area contributed by atoms with Gasteiger partial charge in [-0.15, -0.1) is 0 Å². The fourth-order valence-electron chi connectivity index (χ4n) is 3.61. The summed E-state index contributed by atoms with van der Waals surface area (Å²) in [5.41, 5.74) is 1.16. The standard InChI is InChI=1S/C23H23FN2O5/c1-29-14-22(27)25-16-6-7-19-15(12-16)13-21(31-19)23(28)26-10-8-17(9-11-26)30-20-5-3-2-4-18(20)24/h2-7,12-13,17H,8-11,14H2,1H3,(H,25,27). The zero-order chi connectivity index (χ0) is 21.8. The summed E-state index contributed by atoms with van der Waals surface area (Å²) in [5, 5.41) is 3.44.